The van der Waals surface area contributed by atoms with E-state index >= 15 is 0 Å². The van der Waals surface area contributed by atoms with Crippen molar-refractivity contribution >= 4 is 34.2 Å². The van der Waals surface area contributed by atoms with Crippen molar-refractivity contribution in [1.82, 2.24) is 0 Å². The Kier molecular flexibility index (Phi) is 6.14. The first-order valence-electron chi connectivity index (χ1n) is 9.23. The number of benzene rings is 1. The van der Waals surface area contributed by atoms with E-state index < -0.39 is 24.5 Å². The van der Waals surface area contributed by atoms with Gasteiger partial charge in [0, 0.05) is 0 Å². The van der Waals surface area contributed by atoms with Crippen molar-refractivity contribution in [2.24, 2.45) is 0 Å². The fourth-order valence-corrected chi connectivity index (χ4v) is 4.03. The normalized spacial score (nSPS) is 13.1. The summed E-state index contributed by atoms with van der Waals surface area (Å²) >= 11 is 1.29. The number of carbonyl (C=O) groups is 3. The number of rotatable bonds is 7. The lowest BCUT2D eigenvalue weighted by molar-refractivity contribution is -0.119. The fourth-order valence-electron chi connectivity index (χ4n) is 2.99. The van der Waals surface area contributed by atoms with E-state index in [-0.39, 0.29) is 6.61 Å². The molecule has 148 valence electrons. The van der Waals surface area contributed by atoms with Gasteiger partial charge in [0.2, 0.25) is 0 Å². The predicted molar refractivity (Wildman–Crippen MR) is 107 cm³/mol. The summed E-state index contributed by atoms with van der Waals surface area (Å²) in [5.41, 5.74) is 3.61. The minimum Gasteiger partial charge on any atom is -0.462 e. The number of aryl methyl sites for hydroxylation is 2. The molecule has 1 aromatic heterocycles. The largest absolute Gasteiger partial charge is 0.462 e. The SMILES string of the molecule is CCOC(=O)c1c(C2CC2)csc1NC(=O)COC(=O)c1ccc(C)cc1C. The third kappa shape index (κ3) is 4.59. The van der Waals surface area contributed by atoms with Crippen molar-refractivity contribution in [1.29, 1.82) is 0 Å². The van der Waals surface area contributed by atoms with Crippen LogP contribution in [0, 0.1) is 13.8 Å². The van der Waals surface area contributed by atoms with Gasteiger partial charge in [-0.3, -0.25) is 4.79 Å². The van der Waals surface area contributed by atoms with E-state index in [1.165, 1.54) is 11.3 Å². The van der Waals surface area contributed by atoms with Gasteiger partial charge in [-0.2, -0.15) is 0 Å². The summed E-state index contributed by atoms with van der Waals surface area (Å²) in [4.78, 5) is 36.8. The highest BCUT2D eigenvalue weighted by molar-refractivity contribution is 7.15. The van der Waals surface area contributed by atoms with Crippen LogP contribution in [0.1, 0.15) is 63.1 Å². The van der Waals surface area contributed by atoms with Crippen LogP contribution in [0.4, 0.5) is 5.00 Å². The molecule has 0 radical (unpaired) electrons. The smallest absolute Gasteiger partial charge is 0.341 e. The molecule has 6 nitrogen and oxygen atoms in total. The summed E-state index contributed by atoms with van der Waals surface area (Å²) < 4.78 is 10.3. The van der Waals surface area contributed by atoms with Crippen LogP contribution in [0.25, 0.3) is 0 Å². The summed E-state index contributed by atoms with van der Waals surface area (Å²) in [7, 11) is 0. The number of nitrogens with one attached hydrogen (secondary N) is 1. The van der Waals surface area contributed by atoms with Gasteiger partial charge < -0.3 is 14.8 Å². The topological polar surface area (TPSA) is 81.7 Å². The molecule has 0 saturated heterocycles. The van der Waals surface area contributed by atoms with Gasteiger partial charge in [-0.25, -0.2) is 9.59 Å². The molecule has 1 heterocycles. The maximum Gasteiger partial charge on any atom is 0.341 e. The van der Waals surface area contributed by atoms with E-state index in [0.717, 1.165) is 29.5 Å². The first-order chi connectivity index (χ1) is 13.4. The molecule has 1 N–H and O–H groups in total. The van der Waals surface area contributed by atoms with Gasteiger partial charge in [0.1, 0.15) is 5.00 Å². The van der Waals surface area contributed by atoms with Crippen LogP contribution >= 0.6 is 11.3 Å². The number of anilines is 1. The third-order valence-corrected chi connectivity index (χ3v) is 5.42. The molecule has 1 aromatic carbocycles. The Morgan fingerprint density at radius 3 is 2.54 bits per heavy atom. The Bertz CT molecular complexity index is 914. The van der Waals surface area contributed by atoms with E-state index in [4.69, 9.17) is 9.47 Å². The Balaban J connectivity index is 1.65. The van der Waals surface area contributed by atoms with E-state index in [1.807, 2.05) is 31.4 Å². The molecule has 0 spiro atoms. The fraction of sp³-hybridized carbons (Fsp3) is 0.381. The number of ether oxygens (including phenoxy) is 2. The van der Waals surface area contributed by atoms with E-state index in [9.17, 15) is 14.4 Å². The molecule has 1 aliphatic carbocycles. The predicted octanol–water partition coefficient (Wildman–Crippen LogP) is 4.21. The second-order valence-electron chi connectivity index (χ2n) is 6.83. The number of hydrogen-bond donors (Lipinski definition) is 1. The minimum absolute atomic E-state index is 0.264. The summed E-state index contributed by atoms with van der Waals surface area (Å²) in [5.74, 6) is -1.13. The van der Waals surface area contributed by atoms with Crippen LogP contribution in [-0.4, -0.2) is 31.1 Å². The van der Waals surface area contributed by atoms with Crippen molar-refractivity contribution in [2.75, 3.05) is 18.5 Å². The van der Waals surface area contributed by atoms with Crippen molar-refractivity contribution in [3.63, 3.8) is 0 Å². The number of carbonyl (C=O) groups excluding carboxylic acids is 3. The Morgan fingerprint density at radius 2 is 1.89 bits per heavy atom. The zero-order valence-corrected chi connectivity index (χ0v) is 17.0. The molecule has 0 aliphatic heterocycles. The summed E-state index contributed by atoms with van der Waals surface area (Å²) in [6, 6.07) is 5.39. The number of hydrogen-bond acceptors (Lipinski definition) is 6. The summed E-state index contributed by atoms with van der Waals surface area (Å²) in [6.45, 7) is 5.34. The molecular formula is C21H23NO5S. The summed E-state index contributed by atoms with van der Waals surface area (Å²) in [6.07, 6.45) is 2.06. The Labute approximate surface area is 167 Å². The van der Waals surface area contributed by atoms with Gasteiger partial charge in [0.05, 0.1) is 17.7 Å². The molecule has 1 saturated carbocycles. The molecule has 7 heteroatoms. The molecular weight excluding hydrogens is 378 g/mol. The van der Waals surface area contributed by atoms with Crippen molar-refractivity contribution < 1.29 is 23.9 Å². The molecule has 1 amide bonds. The number of thiophene rings is 1. The van der Waals surface area contributed by atoms with Gasteiger partial charge in [-0.05, 0) is 62.1 Å². The highest BCUT2D eigenvalue weighted by Gasteiger charge is 2.32. The second-order valence-corrected chi connectivity index (χ2v) is 7.71. The van der Waals surface area contributed by atoms with Crippen LogP contribution in [0.3, 0.4) is 0 Å². The minimum atomic E-state index is -0.553. The van der Waals surface area contributed by atoms with Crippen LogP contribution < -0.4 is 5.32 Å². The van der Waals surface area contributed by atoms with Gasteiger partial charge in [-0.15, -0.1) is 11.3 Å². The molecule has 1 aliphatic rings. The van der Waals surface area contributed by atoms with Crippen LogP contribution in [-0.2, 0) is 14.3 Å². The van der Waals surface area contributed by atoms with Crippen molar-refractivity contribution in [3.8, 4) is 0 Å². The lowest BCUT2D eigenvalue weighted by Crippen LogP contribution is -2.22. The number of esters is 2. The first kappa shape index (κ1) is 20.1. The molecule has 3 rings (SSSR count). The molecule has 1 fully saturated rings. The zero-order chi connectivity index (χ0) is 20.3. The van der Waals surface area contributed by atoms with E-state index in [1.54, 1.807) is 13.0 Å². The van der Waals surface area contributed by atoms with Gasteiger partial charge in [0.15, 0.2) is 6.61 Å². The zero-order valence-electron chi connectivity index (χ0n) is 16.2. The molecule has 0 atom stereocenters. The molecule has 0 unspecified atom stereocenters. The van der Waals surface area contributed by atoms with Crippen LogP contribution in [0.5, 0.6) is 0 Å². The maximum atomic E-state index is 12.3. The monoisotopic (exact) mass is 401 g/mol. The van der Waals surface area contributed by atoms with Gasteiger partial charge in [0.25, 0.3) is 5.91 Å². The highest BCUT2D eigenvalue weighted by atomic mass is 32.1. The quantitative estimate of drug-likeness (QED) is 0.703. The van der Waals surface area contributed by atoms with E-state index in [2.05, 4.69) is 5.32 Å². The highest BCUT2D eigenvalue weighted by Crippen LogP contribution is 2.46. The van der Waals surface area contributed by atoms with Crippen LogP contribution in [0.2, 0.25) is 0 Å². The standard InChI is InChI=1S/C21H23NO5S/c1-4-26-21(25)18-16(14-6-7-14)11-28-19(18)22-17(23)10-27-20(24)15-8-5-12(2)9-13(15)3/h5,8-9,11,14H,4,6-7,10H2,1-3H3,(H,22,23). The average molecular weight is 401 g/mol. The number of amides is 1. The second kappa shape index (κ2) is 8.56. The molecule has 0 bridgehead atoms. The molecule has 2 aromatic rings. The van der Waals surface area contributed by atoms with Gasteiger partial charge in [-0.1, -0.05) is 17.7 Å². The van der Waals surface area contributed by atoms with Gasteiger partial charge >= 0.3 is 11.9 Å². The maximum absolute atomic E-state index is 12.3. The van der Waals surface area contributed by atoms with Crippen molar-refractivity contribution in [3.05, 3.63) is 51.4 Å². The van der Waals surface area contributed by atoms with Crippen LogP contribution in [0.15, 0.2) is 23.6 Å². The average Bonchev–Trinajstić information content (AvgIpc) is 3.40. The Morgan fingerprint density at radius 1 is 1.14 bits per heavy atom. The Hall–Kier alpha value is -2.67. The third-order valence-electron chi connectivity index (χ3n) is 4.51. The summed E-state index contributed by atoms with van der Waals surface area (Å²) in [5, 5.41) is 5.01. The van der Waals surface area contributed by atoms with E-state index in [0.29, 0.717) is 22.0 Å². The first-order valence-corrected chi connectivity index (χ1v) is 10.1. The lowest BCUT2D eigenvalue weighted by Gasteiger charge is -2.10. The van der Waals surface area contributed by atoms with Crippen molar-refractivity contribution in [2.45, 2.75) is 39.5 Å². The molecule has 28 heavy (non-hydrogen) atoms. The lowest BCUT2D eigenvalue weighted by atomic mass is 10.1.